The molecule has 2 aromatic carbocycles. The van der Waals surface area contributed by atoms with Crippen LogP contribution >= 0.6 is 11.3 Å². The maximum Gasteiger partial charge on any atom is 0.216 e. The lowest BCUT2D eigenvalue weighted by atomic mass is 10.1. The molecule has 4 aromatic rings. The number of aryl methyl sites for hydroxylation is 1. The number of thiazole rings is 1. The number of aromatic nitrogens is 5. The van der Waals surface area contributed by atoms with Gasteiger partial charge in [0.05, 0.1) is 10.2 Å². The number of H-pyrrole nitrogens is 1. The Hall–Kier alpha value is -3.57. The van der Waals surface area contributed by atoms with Crippen LogP contribution in [0.15, 0.2) is 48.7 Å². The second-order valence-electron chi connectivity index (χ2n) is 5.57. The minimum Gasteiger partial charge on any atom is -0.360 e. The van der Waals surface area contributed by atoms with E-state index in [4.69, 9.17) is 4.98 Å². The summed E-state index contributed by atoms with van der Waals surface area (Å²) in [5.41, 5.74) is 4.25. The van der Waals surface area contributed by atoms with Gasteiger partial charge in [0.25, 0.3) is 0 Å². The van der Waals surface area contributed by atoms with Crippen LogP contribution in [0.5, 0.6) is 0 Å². The molecule has 2 aromatic heterocycles. The highest BCUT2D eigenvalue weighted by molar-refractivity contribution is 7.21. The van der Waals surface area contributed by atoms with E-state index < -0.39 is 0 Å². The number of anilines is 1. The van der Waals surface area contributed by atoms with Gasteiger partial charge < -0.3 is 5.32 Å². The Morgan fingerprint density at radius 3 is 2.92 bits per heavy atom. The van der Waals surface area contributed by atoms with E-state index >= 15 is 0 Å². The van der Waals surface area contributed by atoms with Crippen LogP contribution in [0.1, 0.15) is 11.4 Å². The molecule has 0 aliphatic carbocycles. The van der Waals surface area contributed by atoms with E-state index in [-0.39, 0.29) is 5.82 Å². The average Bonchev–Trinajstić information content (AvgIpc) is 3.33. The van der Waals surface area contributed by atoms with Crippen molar-refractivity contribution in [2.24, 2.45) is 0 Å². The molecule has 4 rings (SSSR count). The first kappa shape index (κ1) is 15.9. The number of allylic oxidation sites excluding steroid dienone is 1. The van der Waals surface area contributed by atoms with Crippen LogP contribution in [0.3, 0.4) is 0 Å². The van der Waals surface area contributed by atoms with E-state index in [0.29, 0.717) is 5.57 Å². The molecule has 2 heterocycles. The predicted octanol–water partition coefficient (Wildman–Crippen LogP) is 3.76. The van der Waals surface area contributed by atoms with E-state index in [2.05, 4.69) is 38.1 Å². The number of nitrogens with one attached hydrogen (secondary N) is 2. The second-order valence-corrected chi connectivity index (χ2v) is 6.60. The molecule has 0 saturated heterocycles. The largest absolute Gasteiger partial charge is 0.360 e. The first-order chi connectivity index (χ1) is 12.7. The van der Waals surface area contributed by atoms with E-state index in [0.717, 1.165) is 32.0 Å². The lowest BCUT2D eigenvalue weighted by Crippen LogP contribution is -1.95. The molecule has 8 heteroatoms. The highest BCUT2D eigenvalue weighted by Crippen LogP contribution is 2.32. The number of tetrazole rings is 1. The zero-order chi connectivity index (χ0) is 17.9. The maximum atomic E-state index is 9.27. The van der Waals surface area contributed by atoms with Crippen LogP contribution in [0, 0.1) is 18.3 Å². The number of nitrogens with zero attached hydrogens (tertiary/aromatic N) is 5. The molecule has 0 fully saturated rings. The molecule has 0 unspecified atom stereocenters. The summed E-state index contributed by atoms with van der Waals surface area (Å²) in [6, 6.07) is 16.2. The van der Waals surface area contributed by atoms with Crippen LogP contribution in [-0.2, 0) is 0 Å². The number of hydrogen-bond acceptors (Lipinski definition) is 7. The molecule has 0 amide bonds. The van der Waals surface area contributed by atoms with Crippen molar-refractivity contribution < 1.29 is 0 Å². The molecule has 2 N–H and O–H groups in total. The minimum atomic E-state index is 0.250. The highest BCUT2D eigenvalue weighted by atomic mass is 32.1. The summed E-state index contributed by atoms with van der Waals surface area (Å²) in [5, 5.41) is 26.9. The maximum absolute atomic E-state index is 9.27. The van der Waals surface area contributed by atoms with E-state index in [1.807, 2.05) is 43.3 Å². The van der Waals surface area contributed by atoms with E-state index in [9.17, 15) is 5.26 Å². The standard InChI is InChI=1S/C18H13N7S/c1-11-6-7-12(18-21-14-4-2-3-5-16(14)26-18)8-15(11)20-10-13(9-19)17-22-24-25-23-17/h2-8,10,20H,1H3,(H,22,23,24,25). The fourth-order valence-corrected chi connectivity index (χ4v) is 3.44. The Morgan fingerprint density at radius 2 is 2.15 bits per heavy atom. The van der Waals surface area contributed by atoms with Gasteiger partial charge >= 0.3 is 0 Å². The van der Waals surface area contributed by atoms with Gasteiger partial charge in [0.1, 0.15) is 16.6 Å². The Morgan fingerprint density at radius 1 is 1.27 bits per heavy atom. The third-order valence-electron chi connectivity index (χ3n) is 3.86. The van der Waals surface area contributed by atoms with Gasteiger partial charge in [0.2, 0.25) is 5.82 Å². The fourth-order valence-electron chi connectivity index (χ4n) is 2.48. The SMILES string of the molecule is Cc1ccc(-c2nc3ccccc3s2)cc1NC=C(C#N)c1nn[nH]n1. The van der Waals surface area contributed by atoms with Gasteiger partial charge in [-0.3, -0.25) is 0 Å². The lowest BCUT2D eigenvalue weighted by molar-refractivity contribution is 0.881. The van der Waals surface area contributed by atoms with Crippen LogP contribution < -0.4 is 5.32 Å². The summed E-state index contributed by atoms with van der Waals surface area (Å²) in [6.45, 7) is 2.00. The number of benzene rings is 2. The first-order valence-electron chi connectivity index (χ1n) is 7.82. The second kappa shape index (κ2) is 6.74. The smallest absolute Gasteiger partial charge is 0.216 e. The van der Waals surface area contributed by atoms with Gasteiger partial charge in [-0.2, -0.15) is 10.5 Å². The zero-order valence-corrected chi connectivity index (χ0v) is 14.6. The van der Waals surface area contributed by atoms with Gasteiger partial charge in [-0.15, -0.1) is 21.5 Å². The molecular weight excluding hydrogens is 346 g/mol. The molecule has 126 valence electrons. The summed E-state index contributed by atoms with van der Waals surface area (Å²) in [7, 11) is 0. The number of hydrogen-bond donors (Lipinski definition) is 2. The molecule has 0 aliphatic rings. The van der Waals surface area contributed by atoms with Crippen molar-refractivity contribution in [3.8, 4) is 16.6 Å². The Kier molecular flexibility index (Phi) is 4.13. The zero-order valence-electron chi connectivity index (χ0n) is 13.8. The van der Waals surface area contributed by atoms with Crippen molar-refractivity contribution in [2.75, 3.05) is 5.32 Å². The van der Waals surface area contributed by atoms with E-state index in [1.54, 1.807) is 17.5 Å². The number of rotatable bonds is 4. The third-order valence-corrected chi connectivity index (χ3v) is 4.94. The highest BCUT2D eigenvalue weighted by Gasteiger charge is 2.09. The van der Waals surface area contributed by atoms with Gasteiger partial charge in [0.15, 0.2) is 0 Å². The Balaban J connectivity index is 1.67. The monoisotopic (exact) mass is 359 g/mol. The Labute approximate surface area is 153 Å². The summed E-state index contributed by atoms with van der Waals surface area (Å²) < 4.78 is 1.15. The fraction of sp³-hybridized carbons (Fsp3) is 0.0556. The lowest BCUT2D eigenvalue weighted by Gasteiger charge is -2.07. The number of fused-ring (bicyclic) bond motifs is 1. The molecule has 7 nitrogen and oxygen atoms in total. The van der Waals surface area contributed by atoms with Gasteiger partial charge in [0, 0.05) is 17.5 Å². The quantitative estimate of drug-likeness (QED) is 0.538. The minimum absolute atomic E-state index is 0.250. The molecule has 0 radical (unpaired) electrons. The summed E-state index contributed by atoms with van der Waals surface area (Å²) in [5.74, 6) is 0.250. The van der Waals surface area contributed by atoms with Crippen LogP contribution in [0.4, 0.5) is 5.69 Å². The number of nitriles is 1. The molecule has 0 spiro atoms. The molecule has 26 heavy (non-hydrogen) atoms. The molecule has 0 bridgehead atoms. The molecule has 0 atom stereocenters. The number of aromatic amines is 1. The van der Waals surface area contributed by atoms with Crippen molar-refractivity contribution in [2.45, 2.75) is 6.92 Å². The normalized spacial score (nSPS) is 11.5. The van der Waals surface area contributed by atoms with Gasteiger partial charge in [-0.05, 0) is 35.9 Å². The summed E-state index contributed by atoms with van der Waals surface area (Å²) >= 11 is 1.65. The van der Waals surface area contributed by atoms with Crippen molar-refractivity contribution in [3.63, 3.8) is 0 Å². The predicted molar refractivity (Wildman–Crippen MR) is 101 cm³/mol. The van der Waals surface area contributed by atoms with Crippen LogP contribution in [-0.4, -0.2) is 25.6 Å². The van der Waals surface area contributed by atoms with Crippen molar-refractivity contribution in [1.29, 1.82) is 5.26 Å². The summed E-state index contributed by atoms with van der Waals surface area (Å²) in [4.78, 5) is 4.70. The average molecular weight is 359 g/mol. The topological polar surface area (TPSA) is 103 Å². The van der Waals surface area contributed by atoms with Crippen LogP contribution in [0.25, 0.3) is 26.4 Å². The van der Waals surface area contributed by atoms with Crippen molar-refractivity contribution in [3.05, 3.63) is 60.1 Å². The third kappa shape index (κ3) is 3.03. The van der Waals surface area contributed by atoms with Gasteiger partial charge in [-0.25, -0.2) is 4.98 Å². The molecular formula is C18H13N7S. The van der Waals surface area contributed by atoms with Crippen molar-refractivity contribution >= 4 is 32.8 Å². The molecule has 0 aliphatic heterocycles. The van der Waals surface area contributed by atoms with Crippen molar-refractivity contribution in [1.82, 2.24) is 25.6 Å². The molecule has 0 saturated carbocycles. The first-order valence-corrected chi connectivity index (χ1v) is 8.63. The number of para-hydroxylation sites is 1. The summed E-state index contributed by atoms with van der Waals surface area (Å²) in [6.07, 6.45) is 1.58. The van der Waals surface area contributed by atoms with E-state index in [1.165, 1.54) is 0 Å². The Bertz CT molecular complexity index is 1100. The van der Waals surface area contributed by atoms with Gasteiger partial charge in [-0.1, -0.05) is 24.3 Å². The van der Waals surface area contributed by atoms with Crippen LogP contribution in [0.2, 0.25) is 0 Å².